The monoisotopic (exact) mass is 298 g/mol. The van der Waals surface area contributed by atoms with Gasteiger partial charge in [-0.25, -0.2) is 4.68 Å². The molecule has 6 nitrogen and oxygen atoms in total. The Morgan fingerprint density at radius 1 is 1.09 bits per heavy atom. The average molecular weight is 298 g/mol. The van der Waals surface area contributed by atoms with Crippen molar-refractivity contribution in [3.63, 3.8) is 0 Å². The fourth-order valence-corrected chi connectivity index (χ4v) is 2.51. The topological polar surface area (TPSA) is 79.1 Å². The molecule has 0 aliphatic carbocycles. The SMILES string of the molecule is COc1ccc(-n2nc(C)c(N)c2-c2c(C)noc2C)cc1. The Labute approximate surface area is 128 Å². The number of rotatable bonds is 3. The van der Waals surface area contributed by atoms with Crippen LogP contribution in [0.15, 0.2) is 28.8 Å². The minimum Gasteiger partial charge on any atom is -0.497 e. The molecule has 0 unspecified atom stereocenters. The summed E-state index contributed by atoms with van der Waals surface area (Å²) in [5.41, 5.74) is 11.0. The molecule has 1 aromatic carbocycles. The lowest BCUT2D eigenvalue weighted by molar-refractivity contribution is 0.393. The molecule has 0 fully saturated rings. The van der Waals surface area contributed by atoms with Crippen LogP contribution < -0.4 is 10.5 Å². The quantitative estimate of drug-likeness (QED) is 0.804. The third kappa shape index (κ3) is 2.13. The molecule has 114 valence electrons. The number of nitrogen functional groups attached to an aromatic ring is 1. The van der Waals surface area contributed by atoms with E-state index in [0.717, 1.165) is 39.8 Å². The molecule has 0 amide bonds. The highest BCUT2D eigenvalue weighted by atomic mass is 16.5. The standard InChI is InChI=1S/C16H18N4O2/c1-9-14(11(3)22-19-9)16-15(17)10(2)18-20(16)12-5-7-13(21-4)8-6-12/h5-8H,17H2,1-4H3. The molecule has 0 radical (unpaired) electrons. The van der Waals surface area contributed by atoms with Crippen molar-refractivity contribution in [1.29, 1.82) is 0 Å². The second kappa shape index (κ2) is 5.22. The number of hydrogen-bond donors (Lipinski definition) is 1. The van der Waals surface area contributed by atoms with Crippen LogP contribution in [-0.2, 0) is 0 Å². The van der Waals surface area contributed by atoms with E-state index in [9.17, 15) is 0 Å². The molecular weight excluding hydrogens is 280 g/mol. The van der Waals surface area contributed by atoms with Gasteiger partial charge in [-0.15, -0.1) is 0 Å². The number of nitrogens with two attached hydrogens (primary N) is 1. The van der Waals surface area contributed by atoms with Crippen molar-refractivity contribution in [2.75, 3.05) is 12.8 Å². The van der Waals surface area contributed by atoms with Crippen molar-refractivity contribution < 1.29 is 9.26 Å². The van der Waals surface area contributed by atoms with Gasteiger partial charge in [-0.2, -0.15) is 5.10 Å². The van der Waals surface area contributed by atoms with E-state index in [4.69, 9.17) is 15.0 Å². The average Bonchev–Trinajstić information content (AvgIpc) is 3.00. The largest absolute Gasteiger partial charge is 0.497 e. The lowest BCUT2D eigenvalue weighted by atomic mass is 10.1. The minimum absolute atomic E-state index is 0.630. The molecular formula is C16H18N4O2. The van der Waals surface area contributed by atoms with Crippen LogP contribution in [0.4, 0.5) is 5.69 Å². The van der Waals surface area contributed by atoms with E-state index in [1.165, 1.54) is 0 Å². The van der Waals surface area contributed by atoms with Gasteiger partial charge in [0, 0.05) is 0 Å². The molecule has 2 N–H and O–H groups in total. The first-order valence-corrected chi connectivity index (χ1v) is 6.95. The van der Waals surface area contributed by atoms with Gasteiger partial charge in [0.1, 0.15) is 17.2 Å². The van der Waals surface area contributed by atoms with Crippen molar-refractivity contribution >= 4 is 5.69 Å². The fourth-order valence-electron chi connectivity index (χ4n) is 2.51. The summed E-state index contributed by atoms with van der Waals surface area (Å²) < 4.78 is 12.3. The molecule has 0 saturated carbocycles. The lowest BCUT2D eigenvalue weighted by Gasteiger charge is -2.09. The molecule has 2 heterocycles. The number of benzene rings is 1. The van der Waals surface area contributed by atoms with E-state index >= 15 is 0 Å². The van der Waals surface area contributed by atoms with Gasteiger partial charge in [0.15, 0.2) is 0 Å². The Bertz CT molecular complexity index is 796. The summed E-state index contributed by atoms with van der Waals surface area (Å²) in [6.45, 7) is 5.65. The van der Waals surface area contributed by atoms with E-state index < -0.39 is 0 Å². The van der Waals surface area contributed by atoms with Crippen molar-refractivity contribution in [1.82, 2.24) is 14.9 Å². The number of aromatic nitrogens is 3. The maximum absolute atomic E-state index is 6.25. The molecule has 2 aromatic heterocycles. The van der Waals surface area contributed by atoms with Crippen LogP contribution >= 0.6 is 0 Å². The second-order valence-electron chi connectivity index (χ2n) is 5.16. The first-order chi connectivity index (χ1) is 10.5. The van der Waals surface area contributed by atoms with Gasteiger partial charge in [-0.1, -0.05) is 5.16 Å². The maximum Gasteiger partial charge on any atom is 0.143 e. The molecule has 0 bridgehead atoms. The van der Waals surface area contributed by atoms with Gasteiger partial charge in [0.2, 0.25) is 0 Å². The predicted octanol–water partition coefficient (Wildman–Crippen LogP) is 3.04. The Kier molecular flexibility index (Phi) is 3.36. The van der Waals surface area contributed by atoms with E-state index in [1.807, 2.05) is 49.7 Å². The van der Waals surface area contributed by atoms with Gasteiger partial charge in [0.25, 0.3) is 0 Å². The smallest absolute Gasteiger partial charge is 0.143 e. The Morgan fingerprint density at radius 3 is 2.32 bits per heavy atom. The van der Waals surface area contributed by atoms with Crippen LogP contribution in [0.3, 0.4) is 0 Å². The summed E-state index contributed by atoms with van der Waals surface area (Å²) in [5, 5.41) is 8.57. The van der Waals surface area contributed by atoms with Crippen LogP contribution in [0, 0.1) is 20.8 Å². The van der Waals surface area contributed by atoms with E-state index in [2.05, 4.69) is 10.3 Å². The Morgan fingerprint density at radius 2 is 1.77 bits per heavy atom. The van der Waals surface area contributed by atoms with E-state index in [-0.39, 0.29) is 0 Å². The summed E-state index contributed by atoms with van der Waals surface area (Å²) in [4.78, 5) is 0. The molecule has 0 aliphatic rings. The lowest BCUT2D eigenvalue weighted by Crippen LogP contribution is -2.01. The number of nitrogens with zero attached hydrogens (tertiary/aromatic N) is 3. The molecule has 0 atom stereocenters. The van der Waals surface area contributed by atoms with Crippen molar-refractivity contribution in [2.24, 2.45) is 0 Å². The molecule has 6 heteroatoms. The highest BCUT2D eigenvalue weighted by molar-refractivity contribution is 5.79. The summed E-state index contributed by atoms with van der Waals surface area (Å²) in [6, 6.07) is 7.65. The zero-order valence-corrected chi connectivity index (χ0v) is 13.0. The summed E-state index contributed by atoms with van der Waals surface area (Å²) in [7, 11) is 1.64. The van der Waals surface area contributed by atoms with Crippen LogP contribution in [0.1, 0.15) is 17.1 Å². The highest BCUT2D eigenvalue weighted by Gasteiger charge is 2.22. The molecule has 22 heavy (non-hydrogen) atoms. The van der Waals surface area contributed by atoms with Gasteiger partial charge in [0.05, 0.1) is 35.4 Å². The minimum atomic E-state index is 0.630. The van der Waals surface area contributed by atoms with Gasteiger partial charge >= 0.3 is 0 Å². The Hall–Kier alpha value is -2.76. The number of hydrogen-bond acceptors (Lipinski definition) is 5. The van der Waals surface area contributed by atoms with Crippen molar-refractivity contribution in [3.05, 3.63) is 41.4 Å². The second-order valence-corrected chi connectivity index (χ2v) is 5.16. The third-order valence-corrected chi connectivity index (χ3v) is 3.69. The normalized spacial score (nSPS) is 10.9. The maximum atomic E-state index is 6.25. The first-order valence-electron chi connectivity index (χ1n) is 6.95. The molecule has 3 aromatic rings. The molecule has 0 spiro atoms. The van der Waals surface area contributed by atoms with Crippen LogP contribution in [-0.4, -0.2) is 22.0 Å². The summed E-state index contributed by atoms with van der Waals surface area (Å²) >= 11 is 0. The van der Waals surface area contributed by atoms with Gasteiger partial charge < -0.3 is 15.0 Å². The highest BCUT2D eigenvalue weighted by Crippen LogP contribution is 2.35. The third-order valence-electron chi connectivity index (χ3n) is 3.69. The van der Waals surface area contributed by atoms with Crippen molar-refractivity contribution in [2.45, 2.75) is 20.8 Å². The number of anilines is 1. The van der Waals surface area contributed by atoms with Gasteiger partial charge in [-0.3, -0.25) is 0 Å². The van der Waals surface area contributed by atoms with Gasteiger partial charge in [-0.05, 0) is 45.0 Å². The summed E-state index contributed by atoms with van der Waals surface area (Å²) in [6.07, 6.45) is 0. The number of ether oxygens (including phenoxy) is 1. The predicted molar refractivity (Wildman–Crippen MR) is 84.2 cm³/mol. The van der Waals surface area contributed by atoms with E-state index in [0.29, 0.717) is 5.69 Å². The fraction of sp³-hybridized carbons (Fsp3) is 0.250. The van der Waals surface area contributed by atoms with Crippen LogP contribution in [0.25, 0.3) is 16.9 Å². The van der Waals surface area contributed by atoms with E-state index in [1.54, 1.807) is 7.11 Å². The van der Waals surface area contributed by atoms with Crippen LogP contribution in [0.2, 0.25) is 0 Å². The number of methoxy groups -OCH3 is 1. The zero-order valence-electron chi connectivity index (χ0n) is 13.0. The van der Waals surface area contributed by atoms with Crippen LogP contribution in [0.5, 0.6) is 5.75 Å². The molecule has 0 saturated heterocycles. The molecule has 3 rings (SSSR count). The zero-order chi connectivity index (χ0) is 15.9. The summed E-state index contributed by atoms with van der Waals surface area (Å²) in [5.74, 6) is 1.51. The van der Waals surface area contributed by atoms with Crippen molar-refractivity contribution in [3.8, 4) is 22.7 Å². The number of aryl methyl sites for hydroxylation is 3. The Balaban J connectivity index is 2.22. The first kappa shape index (κ1) is 14.2. The molecule has 0 aliphatic heterocycles.